The van der Waals surface area contributed by atoms with Gasteiger partial charge in [0.15, 0.2) is 5.79 Å². The fourth-order valence-electron chi connectivity index (χ4n) is 3.13. The SMILES string of the molecule is O=C(C1CCC2(CC1)OCCO2)N1CCOCC1. The van der Waals surface area contributed by atoms with Crippen LogP contribution >= 0.6 is 0 Å². The molecule has 102 valence electrons. The quantitative estimate of drug-likeness (QED) is 0.694. The number of hydrogen-bond acceptors (Lipinski definition) is 4. The number of carbonyl (C=O) groups excluding carboxylic acids is 1. The molecule has 0 unspecified atom stereocenters. The first-order valence-electron chi connectivity index (χ1n) is 6.94. The Hall–Kier alpha value is -0.650. The monoisotopic (exact) mass is 255 g/mol. The minimum atomic E-state index is -0.359. The third-order valence-corrected chi connectivity index (χ3v) is 4.23. The van der Waals surface area contributed by atoms with Crippen molar-refractivity contribution in [3.63, 3.8) is 0 Å². The number of ether oxygens (including phenoxy) is 3. The molecule has 1 spiro atoms. The summed E-state index contributed by atoms with van der Waals surface area (Å²) in [5.74, 6) is 0.0922. The average Bonchev–Trinajstić information content (AvgIpc) is 2.88. The molecule has 2 saturated heterocycles. The van der Waals surface area contributed by atoms with E-state index in [1.165, 1.54) is 0 Å². The van der Waals surface area contributed by atoms with E-state index in [1.54, 1.807) is 0 Å². The first kappa shape index (κ1) is 12.4. The molecular weight excluding hydrogens is 234 g/mol. The van der Waals surface area contributed by atoms with Crippen LogP contribution in [0.4, 0.5) is 0 Å². The average molecular weight is 255 g/mol. The lowest BCUT2D eigenvalue weighted by Gasteiger charge is -2.37. The van der Waals surface area contributed by atoms with Gasteiger partial charge in [0.1, 0.15) is 0 Å². The summed E-state index contributed by atoms with van der Waals surface area (Å²) in [5.41, 5.74) is 0. The number of carbonyl (C=O) groups is 1. The highest BCUT2D eigenvalue weighted by Crippen LogP contribution is 2.38. The molecule has 0 atom stereocenters. The lowest BCUT2D eigenvalue weighted by Crippen LogP contribution is -2.46. The van der Waals surface area contributed by atoms with E-state index in [0.29, 0.717) is 32.3 Å². The van der Waals surface area contributed by atoms with Gasteiger partial charge in [-0.1, -0.05) is 0 Å². The van der Waals surface area contributed by atoms with Crippen LogP contribution in [0.15, 0.2) is 0 Å². The Morgan fingerprint density at radius 1 is 1.00 bits per heavy atom. The van der Waals surface area contributed by atoms with Crippen molar-refractivity contribution in [2.45, 2.75) is 31.5 Å². The second-order valence-electron chi connectivity index (χ2n) is 5.32. The zero-order valence-electron chi connectivity index (χ0n) is 10.7. The summed E-state index contributed by atoms with van der Waals surface area (Å²) < 4.78 is 16.7. The number of nitrogens with zero attached hydrogens (tertiary/aromatic N) is 1. The third kappa shape index (κ3) is 2.39. The van der Waals surface area contributed by atoms with Gasteiger partial charge in [-0.3, -0.25) is 4.79 Å². The van der Waals surface area contributed by atoms with E-state index < -0.39 is 0 Å². The highest BCUT2D eigenvalue weighted by Gasteiger charge is 2.42. The molecule has 0 bridgehead atoms. The van der Waals surface area contributed by atoms with Gasteiger partial charge in [0.2, 0.25) is 5.91 Å². The van der Waals surface area contributed by atoms with E-state index in [2.05, 4.69) is 0 Å². The van der Waals surface area contributed by atoms with E-state index in [4.69, 9.17) is 14.2 Å². The zero-order chi connectivity index (χ0) is 12.4. The molecule has 0 N–H and O–H groups in total. The highest BCUT2D eigenvalue weighted by molar-refractivity contribution is 5.79. The van der Waals surface area contributed by atoms with Crippen molar-refractivity contribution in [1.82, 2.24) is 4.90 Å². The molecule has 0 aromatic rings. The molecule has 3 fully saturated rings. The predicted molar refractivity (Wildman–Crippen MR) is 64.0 cm³/mol. The smallest absolute Gasteiger partial charge is 0.225 e. The van der Waals surface area contributed by atoms with Crippen molar-refractivity contribution in [3.05, 3.63) is 0 Å². The van der Waals surface area contributed by atoms with E-state index >= 15 is 0 Å². The highest BCUT2D eigenvalue weighted by atomic mass is 16.7. The lowest BCUT2D eigenvalue weighted by molar-refractivity contribution is -0.185. The third-order valence-electron chi connectivity index (χ3n) is 4.23. The van der Waals surface area contributed by atoms with Gasteiger partial charge in [0.25, 0.3) is 0 Å². The molecule has 3 aliphatic rings. The van der Waals surface area contributed by atoms with Gasteiger partial charge in [-0.2, -0.15) is 0 Å². The molecule has 1 amide bonds. The Bertz CT molecular complexity index is 298. The summed E-state index contributed by atoms with van der Waals surface area (Å²) in [6, 6.07) is 0. The van der Waals surface area contributed by atoms with Gasteiger partial charge in [-0.05, 0) is 12.8 Å². The Balaban J connectivity index is 1.53. The van der Waals surface area contributed by atoms with Gasteiger partial charge in [0, 0.05) is 31.8 Å². The summed E-state index contributed by atoms with van der Waals surface area (Å²) in [4.78, 5) is 14.3. The lowest BCUT2D eigenvalue weighted by atomic mass is 9.84. The second-order valence-corrected chi connectivity index (χ2v) is 5.32. The molecule has 2 heterocycles. The number of amides is 1. The first-order chi connectivity index (χ1) is 8.79. The molecule has 2 aliphatic heterocycles. The summed E-state index contributed by atoms with van der Waals surface area (Å²) in [5, 5.41) is 0. The van der Waals surface area contributed by atoms with Gasteiger partial charge in [-0.25, -0.2) is 0 Å². The molecule has 5 heteroatoms. The summed E-state index contributed by atoms with van der Waals surface area (Å²) >= 11 is 0. The molecule has 3 rings (SSSR count). The first-order valence-corrected chi connectivity index (χ1v) is 6.94. The van der Waals surface area contributed by atoms with Crippen LogP contribution in [0.5, 0.6) is 0 Å². The Kier molecular flexibility index (Phi) is 3.54. The maximum absolute atomic E-state index is 12.3. The van der Waals surface area contributed by atoms with Crippen molar-refractivity contribution in [2.75, 3.05) is 39.5 Å². The number of hydrogen-bond donors (Lipinski definition) is 0. The predicted octanol–water partition coefficient (Wildman–Crippen LogP) is 0.778. The van der Waals surface area contributed by atoms with Crippen molar-refractivity contribution in [2.24, 2.45) is 5.92 Å². The van der Waals surface area contributed by atoms with E-state index in [1.807, 2.05) is 4.90 Å². The summed E-state index contributed by atoms with van der Waals surface area (Å²) in [6.07, 6.45) is 3.48. The number of morpholine rings is 1. The molecule has 1 aliphatic carbocycles. The fraction of sp³-hybridized carbons (Fsp3) is 0.923. The van der Waals surface area contributed by atoms with Crippen LogP contribution in [0.3, 0.4) is 0 Å². The van der Waals surface area contributed by atoms with Crippen LogP contribution < -0.4 is 0 Å². The largest absolute Gasteiger partial charge is 0.378 e. The molecule has 0 aromatic heterocycles. The molecule has 18 heavy (non-hydrogen) atoms. The Labute approximate surface area is 107 Å². The van der Waals surface area contributed by atoms with E-state index in [9.17, 15) is 4.79 Å². The molecule has 5 nitrogen and oxygen atoms in total. The maximum atomic E-state index is 12.3. The normalized spacial score (nSPS) is 28.8. The standard InChI is InChI=1S/C13H21NO4/c15-12(14-5-7-16-8-6-14)11-1-3-13(4-2-11)17-9-10-18-13/h11H,1-10H2. The van der Waals surface area contributed by atoms with Crippen molar-refractivity contribution >= 4 is 5.91 Å². The minimum Gasteiger partial charge on any atom is -0.378 e. The van der Waals surface area contributed by atoms with Gasteiger partial charge >= 0.3 is 0 Å². The second kappa shape index (κ2) is 5.15. The van der Waals surface area contributed by atoms with Crippen LogP contribution in [-0.4, -0.2) is 56.1 Å². The summed E-state index contributed by atoms with van der Waals surface area (Å²) in [7, 11) is 0. The van der Waals surface area contributed by atoms with Crippen molar-refractivity contribution < 1.29 is 19.0 Å². The maximum Gasteiger partial charge on any atom is 0.225 e. The van der Waals surface area contributed by atoms with E-state index in [0.717, 1.165) is 38.8 Å². The van der Waals surface area contributed by atoms with Crippen molar-refractivity contribution in [1.29, 1.82) is 0 Å². The zero-order valence-corrected chi connectivity index (χ0v) is 10.7. The molecular formula is C13H21NO4. The van der Waals surface area contributed by atoms with Crippen LogP contribution in [0.1, 0.15) is 25.7 Å². The summed E-state index contributed by atoms with van der Waals surface area (Å²) in [6.45, 7) is 4.23. The Morgan fingerprint density at radius 3 is 2.22 bits per heavy atom. The van der Waals surface area contributed by atoms with Crippen LogP contribution in [0.25, 0.3) is 0 Å². The topological polar surface area (TPSA) is 48.0 Å². The van der Waals surface area contributed by atoms with Gasteiger partial charge < -0.3 is 19.1 Å². The van der Waals surface area contributed by atoms with E-state index in [-0.39, 0.29) is 11.7 Å². The van der Waals surface area contributed by atoms with Crippen LogP contribution in [0, 0.1) is 5.92 Å². The van der Waals surface area contributed by atoms with Gasteiger partial charge in [0.05, 0.1) is 26.4 Å². The minimum absolute atomic E-state index is 0.154. The molecule has 0 radical (unpaired) electrons. The Morgan fingerprint density at radius 2 is 1.61 bits per heavy atom. The van der Waals surface area contributed by atoms with Crippen molar-refractivity contribution in [3.8, 4) is 0 Å². The fourth-order valence-corrected chi connectivity index (χ4v) is 3.13. The number of rotatable bonds is 1. The molecule has 1 saturated carbocycles. The van der Waals surface area contributed by atoms with Crippen LogP contribution in [0.2, 0.25) is 0 Å². The van der Waals surface area contributed by atoms with Gasteiger partial charge in [-0.15, -0.1) is 0 Å². The van der Waals surface area contributed by atoms with Crippen LogP contribution in [-0.2, 0) is 19.0 Å². The molecule has 0 aromatic carbocycles.